The zero-order chi connectivity index (χ0) is 33.7. The highest BCUT2D eigenvalue weighted by molar-refractivity contribution is 5.89. The molecule has 0 aliphatic heterocycles. The molecule has 7 aromatic rings. The van der Waals surface area contributed by atoms with Gasteiger partial charge in [-0.2, -0.15) is 0 Å². The average Bonchev–Trinajstić information content (AvgIpc) is 3.19. The summed E-state index contributed by atoms with van der Waals surface area (Å²) >= 11 is 0. The van der Waals surface area contributed by atoms with Gasteiger partial charge in [-0.1, -0.05) is 116 Å². The van der Waals surface area contributed by atoms with Crippen molar-refractivity contribution in [3.8, 4) is 50.4 Å². The third-order valence-electron chi connectivity index (χ3n) is 9.80. The average molecular weight is 650 g/mol. The molecule has 1 saturated carbocycles. The van der Waals surface area contributed by atoms with Gasteiger partial charge in [-0.3, -0.25) is 4.90 Å². The molecule has 2 heterocycles. The van der Waals surface area contributed by atoms with Crippen molar-refractivity contribution in [3.05, 3.63) is 169 Å². The second-order valence-corrected chi connectivity index (χ2v) is 13.1. The predicted molar refractivity (Wildman–Crippen MR) is 206 cm³/mol. The number of nitrogens with zero attached hydrogens (tertiary/aromatic N) is 3. The fourth-order valence-corrected chi connectivity index (χ4v) is 7.32. The van der Waals surface area contributed by atoms with Gasteiger partial charge in [-0.25, -0.2) is 9.97 Å². The summed E-state index contributed by atoms with van der Waals surface area (Å²) in [5, 5.41) is 11.1. The number of para-hydroxylation sites is 2. The number of aromatic nitrogens is 2. The van der Waals surface area contributed by atoms with Crippen molar-refractivity contribution in [1.82, 2.24) is 9.97 Å². The van der Waals surface area contributed by atoms with Crippen LogP contribution in [0.4, 0.5) is 17.3 Å². The molecule has 5 aromatic carbocycles. The zero-order valence-corrected chi connectivity index (χ0v) is 28.0. The quantitative estimate of drug-likeness (QED) is 0.178. The van der Waals surface area contributed by atoms with Crippen LogP contribution in [0.3, 0.4) is 0 Å². The lowest BCUT2D eigenvalue weighted by molar-refractivity contribution is 0.443. The lowest BCUT2D eigenvalue weighted by Gasteiger charge is -2.27. The van der Waals surface area contributed by atoms with Crippen LogP contribution in [0.25, 0.3) is 44.6 Å². The van der Waals surface area contributed by atoms with Gasteiger partial charge in [0.1, 0.15) is 17.4 Å². The SMILES string of the molecule is Oc1ccccc1-c1cc(-c2cc(C3CCCCC3)cc(N(c3ccccc3)c3ccccn3)n2)cc(-c2ccccc2-c2ccccc2)c1. The number of phenolic OH excluding ortho intramolecular Hbond substituents is 1. The van der Waals surface area contributed by atoms with E-state index in [1.165, 1.54) is 37.7 Å². The highest BCUT2D eigenvalue weighted by Crippen LogP contribution is 2.42. The Labute approximate surface area is 294 Å². The smallest absolute Gasteiger partial charge is 0.139 e. The Hall–Kier alpha value is -6.00. The normalized spacial score (nSPS) is 13.2. The number of hydrogen-bond acceptors (Lipinski definition) is 4. The van der Waals surface area contributed by atoms with Crippen molar-refractivity contribution in [1.29, 1.82) is 0 Å². The summed E-state index contributed by atoms with van der Waals surface area (Å²) in [6.07, 6.45) is 7.95. The van der Waals surface area contributed by atoms with Crippen LogP contribution in [0, 0.1) is 0 Å². The molecule has 0 saturated heterocycles. The van der Waals surface area contributed by atoms with Crippen LogP contribution >= 0.6 is 0 Å². The summed E-state index contributed by atoms with van der Waals surface area (Å²) in [5.74, 6) is 2.37. The number of aromatic hydroxyl groups is 1. The lowest BCUT2D eigenvalue weighted by Crippen LogP contribution is -2.14. The van der Waals surface area contributed by atoms with E-state index in [0.717, 1.165) is 62.0 Å². The first-order valence-electron chi connectivity index (χ1n) is 17.6. The van der Waals surface area contributed by atoms with Gasteiger partial charge in [-0.15, -0.1) is 0 Å². The predicted octanol–water partition coefficient (Wildman–Crippen LogP) is 12.4. The summed E-state index contributed by atoms with van der Waals surface area (Å²) in [5.41, 5.74) is 10.4. The molecule has 4 heteroatoms. The molecule has 8 rings (SSSR count). The van der Waals surface area contributed by atoms with Crippen molar-refractivity contribution in [2.45, 2.75) is 38.0 Å². The van der Waals surface area contributed by atoms with Crippen LogP contribution in [-0.2, 0) is 0 Å². The highest BCUT2D eigenvalue weighted by Gasteiger charge is 2.22. The van der Waals surface area contributed by atoms with Gasteiger partial charge in [-0.05, 0) is 113 Å². The molecule has 2 aromatic heterocycles. The number of hydrogen-bond donors (Lipinski definition) is 1. The van der Waals surface area contributed by atoms with Crippen molar-refractivity contribution in [2.24, 2.45) is 0 Å². The summed E-state index contributed by atoms with van der Waals surface area (Å²) in [4.78, 5) is 12.4. The van der Waals surface area contributed by atoms with Gasteiger partial charge in [0.25, 0.3) is 0 Å². The Balaban J connectivity index is 1.37. The van der Waals surface area contributed by atoms with Crippen LogP contribution < -0.4 is 4.90 Å². The van der Waals surface area contributed by atoms with Gasteiger partial charge in [0.05, 0.1) is 5.69 Å². The second-order valence-electron chi connectivity index (χ2n) is 13.1. The van der Waals surface area contributed by atoms with Crippen molar-refractivity contribution >= 4 is 17.3 Å². The largest absolute Gasteiger partial charge is 0.507 e. The molecule has 0 radical (unpaired) electrons. The lowest BCUT2D eigenvalue weighted by atomic mass is 9.83. The number of rotatable bonds is 8. The van der Waals surface area contributed by atoms with E-state index in [-0.39, 0.29) is 5.75 Å². The Kier molecular flexibility index (Phi) is 8.90. The Morgan fingerprint density at radius 1 is 0.500 bits per heavy atom. The van der Waals surface area contributed by atoms with Gasteiger partial charge >= 0.3 is 0 Å². The Morgan fingerprint density at radius 3 is 1.80 bits per heavy atom. The third kappa shape index (κ3) is 6.53. The number of anilines is 3. The molecular weight excluding hydrogens is 611 g/mol. The van der Waals surface area contributed by atoms with Gasteiger partial charge in [0.2, 0.25) is 0 Å². The zero-order valence-electron chi connectivity index (χ0n) is 28.0. The van der Waals surface area contributed by atoms with E-state index >= 15 is 0 Å². The summed E-state index contributed by atoms with van der Waals surface area (Å²) < 4.78 is 0. The Bertz CT molecular complexity index is 2170. The molecule has 1 aliphatic carbocycles. The minimum atomic E-state index is 0.252. The highest BCUT2D eigenvalue weighted by atomic mass is 16.3. The van der Waals surface area contributed by atoms with Crippen LogP contribution in [-0.4, -0.2) is 15.1 Å². The molecule has 1 aliphatic rings. The van der Waals surface area contributed by atoms with Gasteiger partial charge in [0, 0.05) is 23.0 Å². The molecule has 244 valence electrons. The maximum Gasteiger partial charge on any atom is 0.139 e. The molecule has 50 heavy (non-hydrogen) atoms. The molecule has 0 bridgehead atoms. The van der Waals surface area contributed by atoms with Crippen LogP contribution in [0.15, 0.2) is 164 Å². The topological polar surface area (TPSA) is 49.2 Å². The number of pyridine rings is 2. The van der Waals surface area contributed by atoms with Gasteiger partial charge < -0.3 is 5.11 Å². The van der Waals surface area contributed by atoms with E-state index in [1.807, 2.05) is 48.7 Å². The number of benzene rings is 5. The monoisotopic (exact) mass is 649 g/mol. The van der Waals surface area contributed by atoms with Crippen molar-refractivity contribution in [2.75, 3.05) is 4.90 Å². The molecule has 1 fully saturated rings. The van der Waals surface area contributed by atoms with Crippen LogP contribution in [0.2, 0.25) is 0 Å². The number of phenols is 1. The molecule has 0 amide bonds. The molecule has 0 unspecified atom stereocenters. The van der Waals surface area contributed by atoms with Crippen molar-refractivity contribution in [3.63, 3.8) is 0 Å². The first-order valence-corrected chi connectivity index (χ1v) is 17.6. The van der Waals surface area contributed by atoms with E-state index in [2.05, 4.69) is 114 Å². The van der Waals surface area contributed by atoms with Crippen molar-refractivity contribution < 1.29 is 5.11 Å². The fraction of sp³-hybridized carbons (Fsp3) is 0.130. The van der Waals surface area contributed by atoms with E-state index in [4.69, 9.17) is 9.97 Å². The Morgan fingerprint density at radius 2 is 1.10 bits per heavy atom. The van der Waals surface area contributed by atoms with Crippen LogP contribution in [0.1, 0.15) is 43.6 Å². The molecular formula is C46H39N3O. The van der Waals surface area contributed by atoms with Gasteiger partial charge in [0.15, 0.2) is 0 Å². The molecule has 4 nitrogen and oxygen atoms in total. The second kappa shape index (κ2) is 14.2. The van der Waals surface area contributed by atoms with E-state index in [0.29, 0.717) is 5.92 Å². The van der Waals surface area contributed by atoms with Crippen LogP contribution in [0.5, 0.6) is 5.75 Å². The maximum absolute atomic E-state index is 11.1. The summed E-state index contributed by atoms with van der Waals surface area (Å²) in [6.45, 7) is 0. The first kappa shape index (κ1) is 31.3. The maximum atomic E-state index is 11.1. The fourth-order valence-electron chi connectivity index (χ4n) is 7.32. The molecule has 0 atom stereocenters. The summed E-state index contributed by atoms with van der Waals surface area (Å²) in [7, 11) is 0. The minimum absolute atomic E-state index is 0.252. The van der Waals surface area contributed by atoms with E-state index < -0.39 is 0 Å². The third-order valence-corrected chi connectivity index (χ3v) is 9.80. The van der Waals surface area contributed by atoms with E-state index in [1.54, 1.807) is 6.07 Å². The molecule has 1 N–H and O–H groups in total. The summed E-state index contributed by atoms with van der Waals surface area (Å²) in [6, 6.07) is 54.3. The standard InChI is InChI=1S/C46H39N3O/c50-44-25-13-12-24-42(44)37-28-36(41-23-11-10-22-40(41)34-18-6-2-7-19-34)29-38(30-37)43-31-35(33-16-4-1-5-17-33)32-46(48-43)49(39-20-8-3-9-21-39)45-26-14-15-27-47-45/h2-3,6-15,18-33,50H,1,4-5,16-17H2. The first-order chi connectivity index (χ1) is 24.7. The van der Waals surface area contributed by atoms with E-state index in [9.17, 15) is 5.11 Å². The molecule has 0 spiro atoms. The minimum Gasteiger partial charge on any atom is -0.507 e.